The summed E-state index contributed by atoms with van der Waals surface area (Å²) in [5.41, 5.74) is 1.77. The summed E-state index contributed by atoms with van der Waals surface area (Å²) in [6.07, 6.45) is 3.15. The van der Waals surface area contributed by atoms with Crippen molar-refractivity contribution in [3.8, 4) is 22.0 Å². The van der Waals surface area contributed by atoms with Gasteiger partial charge in [0.2, 0.25) is 0 Å². The van der Waals surface area contributed by atoms with Crippen LogP contribution in [-0.4, -0.2) is 46.0 Å². The molecule has 0 spiro atoms. The number of hydrogen-bond donors (Lipinski definition) is 1. The van der Waals surface area contributed by atoms with E-state index in [1.165, 1.54) is 28.1 Å². The first-order valence-electron chi connectivity index (χ1n) is 10.1. The van der Waals surface area contributed by atoms with E-state index in [9.17, 15) is 14.4 Å². The molecule has 11 heteroatoms. The van der Waals surface area contributed by atoms with Crippen molar-refractivity contribution in [3.63, 3.8) is 0 Å². The Bertz CT molecular complexity index is 1310. The van der Waals surface area contributed by atoms with Crippen molar-refractivity contribution in [2.24, 2.45) is 0 Å². The Morgan fingerprint density at radius 3 is 2.44 bits per heavy atom. The van der Waals surface area contributed by atoms with Gasteiger partial charge in [0.25, 0.3) is 5.91 Å². The van der Waals surface area contributed by atoms with Crippen LogP contribution < -0.4 is 5.32 Å². The van der Waals surface area contributed by atoms with Gasteiger partial charge in [-0.15, -0.1) is 22.7 Å². The predicted molar refractivity (Wildman–Crippen MR) is 128 cm³/mol. The number of rotatable bonds is 8. The zero-order valence-electron chi connectivity index (χ0n) is 17.9. The van der Waals surface area contributed by atoms with Crippen molar-refractivity contribution in [2.45, 2.75) is 6.92 Å². The Morgan fingerprint density at radius 2 is 1.71 bits per heavy atom. The molecule has 0 atom stereocenters. The van der Waals surface area contributed by atoms with E-state index in [1.807, 2.05) is 30.3 Å². The molecule has 0 radical (unpaired) electrons. The Balaban J connectivity index is 1.43. The lowest BCUT2D eigenvalue weighted by atomic mass is 10.0. The van der Waals surface area contributed by atoms with Gasteiger partial charge in [-0.05, 0) is 18.6 Å². The van der Waals surface area contributed by atoms with E-state index in [-0.39, 0.29) is 17.9 Å². The Hall–Kier alpha value is -3.96. The average molecular weight is 495 g/mol. The highest BCUT2D eigenvalue weighted by molar-refractivity contribution is 7.15. The standard InChI is InChI=1S/C23H18N4O5S2/c1-2-31-23(30)18-15(14-7-4-3-5-8-14)12-33-20(18)27-17(28)11-32-22(29)16-13-34-21(26-16)19-24-9-6-10-25-19/h3-10,12-13H,2,11H2,1H3,(H,27,28). The molecule has 1 aromatic carbocycles. The summed E-state index contributed by atoms with van der Waals surface area (Å²) < 4.78 is 10.3. The van der Waals surface area contributed by atoms with Gasteiger partial charge in [-0.3, -0.25) is 4.79 Å². The van der Waals surface area contributed by atoms with Gasteiger partial charge >= 0.3 is 11.9 Å². The first kappa shape index (κ1) is 23.2. The Labute approximate surface area is 202 Å². The van der Waals surface area contributed by atoms with E-state index in [1.54, 1.807) is 30.8 Å². The number of nitrogens with one attached hydrogen (secondary N) is 1. The number of esters is 2. The minimum atomic E-state index is -0.754. The van der Waals surface area contributed by atoms with Gasteiger partial charge in [0.15, 0.2) is 23.1 Å². The molecule has 0 unspecified atom stereocenters. The van der Waals surface area contributed by atoms with E-state index in [4.69, 9.17) is 9.47 Å². The van der Waals surface area contributed by atoms with E-state index >= 15 is 0 Å². The molecule has 4 aromatic rings. The fraction of sp³-hybridized carbons (Fsp3) is 0.130. The van der Waals surface area contributed by atoms with E-state index in [2.05, 4.69) is 20.3 Å². The van der Waals surface area contributed by atoms with E-state index < -0.39 is 24.5 Å². The van der Waals surface area contributed by atoms with Crippen LogP contribution in [0.25, 0.3) is 22.0 Å². The predicted octanol–water partition coefficient (Wildman–Crippen LogP) is 4.30. The molecule has 0 bridgehead atoms. The number of nitrogens with zero attached hydrogens (tertiary/aromatic N) is 3. The van der Waals surface area contributed by atoms with Crippen LogP contribution in [0, 0.1) is 0 Å². The summed E-state index contributed by atoms with van der Waals surface area (Å²) in [6.45, 7) is 1.35. The maximum atomic E-state index is 12.6. The second-order valence-corrected chi connectivity index (χ2v) is 8.41. The molecular weight excluding hydrogens is 476 g/mol. The van der Waals surface area contributed by atoms with Crippen LogP contribution in [0.4, 0.5) is 5.00 Å². The summed E-state index contributed by atoms with van der Waals surface area (Å²) in [5.74, 6) is -1.51. The number of thiazole rings is 1. The summed E-state index contributed by atoms with van der Waals surface area (Å²) in [4.78, 5) is 49.7. The number of carbonyl (C=O) groups excluding carboxylic acids is 3. The minimum absolute atomic E-state index is 0.0509. The second kappa shape index (κ2) is 10.8. The normalized spacial score (nSPS) is 10.5. The lowest BCUT2D eigenvalue weighted by Crippen LogP contribution is -2.22. The monoisotopic (exact) mass is 494 g/mol. The van der Waals surface area contributed by atoms with E-state index in [0.29, 0.717) is 21.4 Å². The Morgan fingerprint density at radius 1 is 0.941 bits per heavy atom. The maximum absolute atomic E-state index is 12.6. The zero-order valence-corrected chi connectivity index (χ0v) is 19.5. The molecule has 0 saturated carbocycles. The number of benzene rings is 1. The SMILES string of the molecule is CCOC(=O)c1c(-c2ccccc2)csc1NC(=O)COC(=O)c1csc(-c2ncccn2)n1. The molecule has 9 nitrogen and oxygen atoms in total. The van der Waals surface area contributed by atoms with Gasteiger partial charge in [-0.25, -0.2) is 24.5 Å². The van der Waals surface area contributed by atoms with Gasteiger partial charge in [0.05, 0.1) is 6.61 Å². The highest BCUT2D eigenvalue weighted by Gasteiger charge is 2.23. The second-order valence-electron chi connectivity index (χ2n) is 6.67. The van der Waals surface area contributed by atoms with Gasteiger partial charge < -0.3 is 14.8 Å². The van der Waals surface area contributed by atoms with Crippen LogP contribution in [0.2, 0.25) is 0 Å². The van der Waals surface area contributed by atoms with Gasteiger partial charge in [-0.1, -0.05) is 30.3 Å². The van der Waals surface area contributed by atoms with Gasteiger partial charge in [0.1, 0.15) is 10.6 Å². The third kappa shape index (κ3) is 5.33. The Kier molecular flexibility index (Phi) is 7.35. The van der Waals surface area contributed by atoms with Crippen LogP contribution >= 0.6 is 22.7 Å². The number of thiophene rings is 1. The quantitative estimate of drug-likeness (QED) is 0.360. The first-order chi connectivity index (χ1) is 16.6. The van der Waals surface area contributed by atoms with Crippen molar-refractivity contribution < 1.29 is 23.9 Å². The molecule has 1 N–H and O–H groups in total. The number of aromatic nitrogens is 3. The molecular formula is C23H18N4O5S2. The zero-order chi connectivity index (χ0) is 23.9. The molecule has 4 rings (SSSR count). The maximum Gasteiger partial charge on any atom is 0.358 e. The largest absolute Gasteiger partial charge is 0.462 e. The molecule has 0 aliphatic rings. The summed E-state index contributed by atoms with van der Waals surface area (Å²) >= 11 is 2.38. The number of amides is 1. The van der Waals surface area contributed by atoms with Crippen molar-refractivity contribution in [1.82, 2.24) is 15.0 Å². The summed E-state index contributed by atoms with van der Waals surface area (Å²) in [7, 11) is 0. The number of anilines is 1. The fourth-order valence-electron chi connectivity index (χ4n) is 2.93. The number of ether oxygens (including phenoxy) is 2. The highest BCUT2D eigenvalue weighted by atomic mass is 32.1. The fourth-order valence-corrected chi connectivity index (χ4v) is 4.64. The molecule has 3 heterocycles. The average Bonchev–Trinajstić information content (AvgIpc) is 3.52. The van der Waals surface area contributed by atoms with Gasteiger partial charge in [0, 0.05) is 28.7 Å². The third-order valence-corrected chi connectivity index (χ3v) is 6.15. The molecule has 3 aromatic heterocycles. The lowest BCUT2D eigenvalue weighted by molar-refractivity contribution is -0.119. The van der Waals surface area contributed by atoms with Crippen LogP contribution in [0.3, 0.4) is 0 Å². The van der Waals surface area contributed by atoms with Crippen LogP contribution in [0.1, 0.15) is 27.8 Å². The van der Waals surface area contributed by atoms with Crippen molar-refractivity contribution in [1.29, 1.82) is 0 Å². The summed E-state index contributed by atoms with van der Waals surface area (Å²) in [5, 5.41) is 6.70. The highest BCUT2D eigenvalue weighted by Crippen LogP contribution is 2.36. The number of carbonyl (C=O) groups is 3. The molecule has 172 valence electrons. The van der Waals surface area contributed by atoms with Crippen LogP contribution in [0.5, 0.6) is 0 Å². The van der Waals surface area contributed by atoms with Crippen LogP contribution in [-0.2, 0) is 14.3 Å². The van der Waals surface area contributed by atoms with Crippen LogP contribution in [0.15, 0.2) is 59.6 Å². The molecule has 0 aliphatic heterocycles. The topological polar surface area (TPSA) is 120 Å². The third-order valence-electron chi connectivity index (χ3n) is 4.41. The lowest BCUT2D eigenvalue weighted by Gasteiger charge is -2.09. The first-order valence-corrected chi connectivity index (χ1v) is 11.9. The summed E-state index contributed by atoms with van der Waals surface area (Å²) in [6, 6.07) is 11.0. The molecule has 0 aliphatic carbocycles. The molecule has 34 heavy (non-hydrogen) atoms. The van der Waals surface area contributed by atoms with E-state index in [0.717, 1.165) is 5.56 Å². The van der Waals surface area contributed by atoms with Crippen molar-refractivity contribution >= 4 is 45.5 Å². The molecule has 1 amide bonds. The van der Waals surface area contributed by atoms with Crippen molar-refractivity contribution in [3.05, 3.63) is 70.8 Å². The smallest absolute Gasteiger partial charge is 0.358 e. The number of hydrogen-bond acceptors (Lipinski definition) is 10. The van der Waals surface area contributed by atoms with Gasteiger partial charge in [-0.2, -0.15) is 0 Å². The minimum Gasteiger partial charge on any atom is -0.462 e. The molecule has 0 saturated heterocycles. The van der Waals surface area contributed by atoms with Crippen molar-refractivity contribution in [2.75, 3.05) is 18.5 Å². The molecule has 0 fully saturated rings.